The van der Waals surface area contributed by atoms with E-state index in [2.05, 4.69) is 6.58 Å². The van der Waals surface area contributed by atoms with E-state index in [0.29, 0.717) is 0 Å². The molecule has 1 heterocycles. The van der Waals surface area contributed by atoms with Crippen molar-refractivity contribution in [1.29, 1.82) is 0 Å². The van der Waals surface area contributed by atoms with Crippen LogP contribution in [-0.4, -0.2) is 27.6 Å². The Balaban J connectivity index is 0.00000144. The minimum Gasteiger partial charge on any atom is -0.548 e. The van der Waals surface area contributed by atoms with Gasteiger partial charge in [0.25, 0.3) is 5.91 Å². The van der Waals surface area contributed by atoms with E-state index in [1.807, 2.05) is 0 Å². The number of carbonyl (C=O) groups is 2. The molecule has 0 spiro atoms. The van der Waals surface area contributed by atoms with E-state index in [-0.39, 0.29) is 38.8 Å². The Hall–Kier alpha value is 0.120. The van der Waals surface area contributed by atoms with Gasteiger partial charge in [-0.25, -0.2) is 0 Å². The van der Waals surface area contributed by atoms with Crippen LogP contribution in [0, 0.1) is 0 Å². The van der Waals surface area contributed by atoms with Gasteiger partial charge in [0.1, 0.15) is 4.32 Å². The first-order chi connectivity index (χ1) is 5.52. The van der Waals surface area contributed by atoms with Crippen LogP contribution in [0.1, 0.15) is 0 Å². The number of nitrogens with zero attached hydrogens (tertiary/aromatic N) is 1. The maximum absolute atomic E-state index is 11.1. The fraction of sp³-hybridized carbons (Fsp3) is 0.167. The maximum Gasteiger partial charge on any atom is 1.00 e. The van der Waals surface area contributed by atoms with Crippen molar-refractivity contribution in [3.05, 3.63) is 11.5 Å². The van der Waals surface area contributed by atoms with Crippen LogP contribution in [0.4, 0.5) is 0 Å². The van der Waals surface area contributed by atoms with Gasteiger partial charge in [0.05, 0.1) is 17.4 Å². The number of rotatable bonds is 2. The van der Waals surface area contributed by atoms with Crippen LogP contribution in [0.5, 0.6) is 0 Å². The van der Waals surface area contributed by atoms with Crippen molar-refractivity contribution < 1.29 is 44.3 Å². The number of thiocarbonyl (C=S) groups is 1. The summed E-state index contributed by atoms with van der Waals surface area (Å²) in [5, 5.41) is 10.1. The molecule has 0 unspecified atom stereocenters. The van der Waals surface area contributed by atoms with E-state index < -0.39 is 18.4 Å². The van der Waals surface area contributed by atoms with E-state index in [0.717, 1.165) is 16.7 Å². The van der Waals surface area contributed by atoms with Gasteiger partial charge >= 0.3 is 29.6 Å². The van der Waals surface area contributed by atoms with Crippen molar-refractivity contribution >= 4 is 40.2 Å². The molecule has 0 saturated carbocycles. The molecule has 1 aliphatic rings. The topological polar surface area (TPSA) is 60.4 Å². The molecule has 0 aromatic rings. The molecule has 13 heavy (non-hydrogen) atoms. The Kier molecular flexibility index (Phi) is 5.16. The average Bonchev–Trinajstić information content (AvgIpc) is 2.16. The molecule has 0 bridgehead atoms. The quantitative estimate of drug-likeness (QED) is 0.273. The summed E-state index contributed by atoms with van der Waals surface area (Å²) in [5.74, 6) is -1.78. The number of hydrogen-bond donors (Lipinski definition) is 0. The molecule has 0 N–H and O–H groups in total. The van der Waals surface area contributed by atoms with Gasteiger partial charge < -0.3 is 9.90 Å². The molecule has 0 aliphatic carbocycles. The van der Waals surface area contributed by atoms with Crippen molar-refractivity contribution in [2.75, 3.05) is 6.54 Å². The van der Waals surface area contributed by atoms with Crippen LogP contribution in [0.3, 0.4) is 0 Å². The Morgan fingerprint density at radius 3 is 2.54 bits per heavy atom. The third-order valence-electron chi connectivity index (χ3n) is 1.20. The zero-order chi connectivity index (χ0) is 9.30. The van der Waals surface area contributed by atoms with Crippen molar-refractivity contribution in [3.8, 4) is 0 Å². The van der Waals surface area contributed by atoms with Crippen molar-refractivity contribution in [2.24, 2.45) is 0 Å². The standard InChI is InChI=1S/C6H5NO3S2.Na/c1-3-5(10)7(2-4(8)9)6(11)12-3;/h1-2H2,(H,8,9);/q;+1/p-1. The molecule has 0 atom stereocenters. The Labute approximate surface area is 107 Å². The number of thioether (sulfide) groups is 1. The normalized spacial score (nSPS) is 16.0. The Morgan fingerprint density at radius 2 is 2.23 bits per heavy atom. The zero-order valence-electron chi connectivity index (χ0n) is 6.90. The second-order valence-electron chi connectivity index (χ2n) is 2.05. The molecule has 0 aromatic heterocycles. The third kappa shape index (κ3) is 3.07. The van der Waals surface area contributed by atoms with Gasteiger partial charge in [-0.3, -0.25) is 9.69 Å². The minimum absolute atomic E-state index is 0. The van der Waals surface area contributed by atoms with Crippen LogP contribution in [0.2, 0.25) is 0 Å². The second kappa shape index (κ2) is 5.11. The summed E-state index contributed by atoms with van der Waals surface area (Å²) >= 11 is 5.73. The summed E-state index contributed by atoms with van der Waals surface area (Å²) in [7, 11) is 0. The summed E-state index contributed by atoms with van der Waals surface area (Å²) in [6.07, 6.45) is 0. The molecule has 64 valence electrons. The second-order valence-corrected chi connectivity index (χ2v) is 3.78. The molecule has 1 aliphatic heterocycles. The number of carboxylic acids is 1. The molecular weight excluding hydrogens is 221 g/mol. The first kappa shape index (κ1) is 13.1. The molecular formula is C6H4NNaO3S2. The summed E-state index contributed by atoms with van der Waals surface area (Å²) < 4.78 is 0.217. The van der Waals surface area contributed by atoms with Crippen molar-refractivity contribution in [1.82, 2.24) is 4.90 Å². The average molecular weight is 225 g/mol. The van der Waals surface area contributed by atoms with Gasteiger partial charge in [0.15, 0.2) is 0 Å². The largest absolute Gasteiger partial charge is 1.00 e. The molecule has 4 nitrogen and oxygen atoms in total. The van der Waals surface area contributed by atoms with Gasteiger partial charge in [-0.05, 0) is 0 Å². The van der Waals surface area contributed by atoms with Gasteiger partial charge in [0, 0.05) is 0 Å². The van der Waals surface area contributed by atoms with Gasteiger partial charge in [-0.2, -0.15) is 0 Å². The molecule has 1 fully saturated rings. The third-order valence-corrected chi connectivity index (χ3v) is 2.49. The van der Waals surface area contributed by atoms with Crippen LogP contribution in [0.15, 0.2) is 11.5 Å². The maximum atomic E-state index is 11.1. The van der Waals surface area contributed by atoms with E-state index in [1.165, 1.54) is 0 Å². The summed E-state index contributed by atoms with van der Waals surface area (Å²) in [5.41, 5.74) is 0. The predicted molar refractivity (Wildman–Crippen MR) is 46.0 cm³/mol. The molecule has 0 radical (unpaired) electrons. The van der Waals surface area contributed by atoms with Gasteiger partial charge in [-0.1, -0.05) is 30.6 Å². The Morgan fingerprint density at radius 1 is 1.69 bits per heavy atom. The van der Waals surface area contributed by atoms with E-state index in [1.54, 1.807) is 0 Å². The van der Waals surface area contributed by atoms with Crippen LogP contribution in [-0.2, 0) is 9.59 Å². The van der Waals surface area contributed by atoms with E-state index in [9.17, 15) is 14.7 Å². The SMILES string of the molecule is C=C1SC(=S)N(CC(=O)[O-])C1=O.[Na+]. The molecule has 1 amide bonds. The minimum atomic E-state index is -1.33. The van der Waals surface area contributed by atoms with Crippen LogP contribution < -0.4 is 34.7 Å². The van der Waals surface area contributed by atoms with E-state index in [4.69, 9.17) is 12.2 Å². The Bertz CT molecular complexity index is 292. The molecule has 7 heteroatoms. The number of aliphatic carboxylic acids is 1. The van der Waals surface area contributed by atoms with E-state index >= 15 is 0 Å². The number of hydrogen-bond acceptors (Lipinski definition) is 5. The fourth-order valence-corrected chi connectivity index (χ4v) is 1.82. The first-order valence-corrected chi connectivity index (χ1v) is 4.17. The summed E-state index contributed by atoms with van der Waals surface area (Å²) in [4.78, 5) is 22.4. The van der Waals surface area contributed by atoms with Crippen LogP contribution >= 0.6 is 24.0 Å². The monoisotopic (exact) mass is 225 g/mol. The van der Waals surface area contributed by atoms with Crippen LogP contribution in [0.25, 0.3) is 0 Å². The van der Waals surface area contributed by atoms with Crippen molar-refractivity contribution in [3.63, 3.8) is 0 Å². The zero-order valence-corrected chi connectivity index (χ0v) is 10.5. The number of carbonyl (C=O) groups excluding carboxylic acids is 2. The number of carboxylic acid groups (broad SMARTS) is 1. The summed E-state index contributed by atoms with van der Waals surface area (Å²) in [6, 6.07) is 0. The summed E-state index contributed by atoms with van der Waals surface area (Å²) in [6.45, 7) is 2.92. The van der Waals surface area contributed by atoms with Crippen molar-refractivity contribution in [2.45, 2.75) is 0 Å². The molecule has 1 saturated heterocycles. The smallest absolute Gasteiger partial charge is 0.548 e. The van der Waals surface area contributed by atoms with Gasteiger partial charge in [-0.15, -0.1) is 0 Å². The first-order valence-electron chi connectivity index (χ1n) is 2.95. The fourth-order valence-electron chi connectivity index (χ4n) is 0.703. The predicted octanol–water partition coefficient (Wildman–Crippen LogP) is -3.89. The number of amides is 1. The van der Waals surface area contributed by atoms with Gasteiger partial charge in [0.2, 0.25) is 0 Å². The molecule has 0 aromatic carbocycles. The molecule has 1 rings (SSSR count).